The van der Waals surface area contributed by atoms with E-state index < -0.39 is 5.97 Å². The van der Waals surface area contributed by atoms with Gasteiger partial charge in [-0.05, 0) is 66.2 Å². The first-order chi connectivity index (χ1) is 13.4. The van der Waals surface area contributed by atoms with E-state index in [2.05, 4.69) is 26.0 Å². The Balaban J connectivity index is 1.70. The molecule has 0 bridgehead atoms. The number of nitrogens with zero attached hydrogens (tertiary/aromatic N) is 1. The highest BCUT2D eigenvalue weighted by Crippen LogP contribution is 2.32. The van der Waals surface area contributed by atoms with Gasteiger partial charge in [-0.2, -0.15) is 0 Å². The van der Waals surface area contributed by atoms with Crippen molar-refractivity contribution in [2.45, 2.75) is 6.92 Å². The zero-order valence-electron chi connectivity index (χ0n) is 15.2. The van der Waals surface area contributed by atoms with Crippen molar-refractivity contribution >= 4 is 56.6 Å². The monoisotopic (exact) mass is 460 g/mol. The fraction of sp³-hybridized carbons (Fsp3) is 0.150. The third-order valence-electron chi connectivity index (χ3n) is 4.12. The molecule has 2 aromatic carbocycles. The number of amides is 2. The Bertz CT molecular complexity index is 973. The highest BCUT2D eigenvalue weighted by atomic mass is 79.9. The average Bonchev–Trinajstić information content (AvgIpc) is 2.94. The molecule has 1 heterocycles. The summed E-state index contributed by atoms with van der Waals surface area (Å²) in [5.74, 6) is -0.782. The van der Waals surface area contributed by atoms with Crippen LogP contribution in [0.5, 0.6) is 0 Å². The van der Waals surface area contributed by atoms with Crippen molar-refractivity contribution in [1.82, 2.24) is 4.90 Å². The summed E-state index contributed by atoms with van der Waals surface area (Å²) in [5, 5.41) is 2.80. The van der Waals surface area contributed by atoms with Crippen LogP contribution in [0, 0.1) is 6.92 Å². The smallest absolute Gasteiger partial charge is 0.337 e. The highest BCUT2D eigenvalue weighted by Gasteiger charge is 2.34. The molecule has 1 fully saturated rings. The minimum Gasteiger partial charge on any atom is -0.465 e. The van der Waals surface area contributed by atoms with Gasteiger partial charge in [0.25, 0.3) is 11.1 Å². The van der Waals surface area contributed by atoms with Gasteiger partial charge in [0.2, 0.25) is 0 Å². The van der Waals surface area contributed by atoms with E-state index in [0.29, 0.717) is 10.5 Å². The number of ether oxygens (including phenoxy) is 1. The van der Waals surface area contributed by atoms with Gasteiger partial charge in [0.05, 0.1) is 24.2 Å². The predicted molar refractivity (Wildman–Crippen MR) is 113 cm³/mol. The summed E-state index contributed by atoms with van der Waals surface area (Å²) in [6.45, 7) is 2.03. The number of imide groups is 1. The number of rotatable bonds is 5. The van der Waals surface area contributed by atoms with E-state index in [1.807, 2.05) is 25.1 Å². The predicted octanol–water partition coefficient (Wildman–Crippen LogP) is 4.65. The van der Waals surface area contributed by atoms with E-state index in [4.69, 9.17) is 0 Å². The van der Waals surface area contributed by atoms with Gasteiger partial charge >= 0.3 is 5.97 Å². The number of benzene rings is 2. The molecule has 2 aromatic rings. The first-order valence-corrected chi connectivity index (χ1v) is 9.94. The van der Waals surface area contributed by atoms with E-state index in [-0.39, 0.29) is 17.8 Å². The van der Waals surface area contributed by atoms with E-state index >= 15 is 0 Å². The normalized spacial score (nSPS) is 15.2. The summed E-state index contributed by atoms with van der Waals surface area (Å²) in [6, 6.07) is 12.3. The minimum atomic E-state index is -0.429. The zero-order valence-corrected chi connectivity index (χ0v) is 17.6. The number of thioether (sulfide) groups is 1. The van der Waals surface area contributed by atoms with Crippen LogP contribution in [0.15, 0.2) is 51.8 Å². The number of hydrogen-bond donors (Lipinski definition) is 1. The summed E-state index contributed by atoms with van der Waals surface area (Å²) in [6.07, 6.45) is 1.64. The summed E-state index contributed by atoms with van der Waals surface area (Å²) < 4.78 is 5.62. The molecule has 1 saturated heterocycles. The van der Waals surface area contributed by atoms with E-state index in [0.717, 1.165) is 33.0 Å². The molecule has 2 amide bonds. The van der Waals surface area contributed by atoms with Crippen LogP contribution in [-0.2, 0) is 9.53 Å². The van der Waals surface area contributed by atoms with Crippen LogP contribution in [0.4, 0.5) is 10.5 Å². The first-order valence-electron chi connectivity index (χ1n) is 8.33. The van der Waals surface area contributed by atoms with Crippen molar-refractivity contribution in [2.24, 2.45) is 0 Å². The largest absolute Gasteiger partial charge is 0.465 e. The molecule has 3 rings (SSSR count). The number of hydrogen-bond acceptors (Lipinski definition) is 6. The quantitative estimate of drug-likeness (QED) is 0.516. The van der Waals surface area contributed by atoms with Crippen molar-refractivity contribution in [3.8, 4) is 0 Å². The summed E-state index contributed by atoms with van der Waals surface area (Å²) in [4.78, 5) is 37.8. The average molecular weight is 461 g/mol. The fourth-order valence-electron chi connectivity index (χ4n) is 2.61. The Morgan fingerprint density at radius 3 is 2.57 bits per heavy atom. The molecule has 0 aliphatic carbocycles. The summed E-state index contributed by atoms with van der Waals surface area (Å²) in [7, 11) is 1.32. The molecule has 1 N–H and O–H groups in total. The standard InChI is InChI=1S/C20H17BrN2O4S/c1-12-9-15(21)7-8-16(12)22-11-23-18(24)17(28-20(23)26)10-13-3-5-14(6-4-13)19(25)27-2/h3-10,22H,11H2,1-2H3. The lowest BCUT2D eigenvalue weighted by Crippen LogP contribution is -2.33. The van der Waals surface area contributed by atoms with Gasteiger partial charge in [-0.3, -0.25) is 14.5 Å². The van der Waals surface area contributed by atoms with Crippen LogP contribution in [-0.4, -0.2) is 35.8 Å². The molecule has 1 aliphatic rings. The lowest BCUT2D eigenvalue weighted by atomic mass is 10.1. The van der Waals surface area contributed by atoms with Gasteiger partial charge in [0.1, 0.15) is 0 Å². The number of carbonyl (C=O) groups is 3. The zero-order chi connectivity index (χ0) is 20.3. The SMILES string of the molecule is COC(=O)c1ccc(C=C2SC(=O)N(CNc3ccc(Br)cc3C)C2=O)cc1. The van der Waals surface area contributed by atoms with Crippen LogP contribution in [0.25, 0.3) is 6.08 Å². The maximum absolute atomic E-state index is 12.6. The molecule has 0 spiro atoms. The number of halogens is 1. The number of methoxy groups -OCH3 is 1. The Kier molecular flexibility index (Phi) is 6.21. The van der Waals surface area contributed by atoms with Crippen LogP contribution < -0.4 is 5.32 Å². The second-order valence-corrected chi connectivity index (χ2v) is 7.93. The molecular formula is C20H17BrN2O4S. The lowest BCUT2D eigenvalue weighted by molar-refractivity contribution is -0.122. The second kappa shape index (κ2) is 8.62. The highest BCUT2D eigenvalue weighted by molar-refractivity contribution is 9.10. The molecule has 0 aromatic heterocycles. The number of carbonyl (C=O) groups excluding carboxylic acids is 3. The minimum absolute atomic E-state index is 0.0890. The first kappa shape index (κ1) is 20.2. The molecule has 28 heavy (non-hydrogen) atoms. The van der Waals surface area contributed by atoms with Crippen LogP contribution in [0.1, 0.15) is 21.5 Å². The van der Waals surface area contributed by atoms with E-state index in [1.165, 1.54) is 12.0 Å². The number of aryl methyl sites for hydroxylation is 1. The Hall–Kier alpha value is -2.58. The Morgan fingerprint density at radius 2 is 1.93 bits per heavy atom. The maximum atomic E-state index is 12.6. The van der Waals surface area contributed by atoms with Gasteiger partial charge in [0.15, 0.2) is 0 Å². The topological polar surface area (TPSA) is 75.7 Å². The Morgan fingerprint density at radius 1 is 1.21 bits per heavy atom. The van der Waals surface area contributed by atoms with Crippen molar-refractivity contribution in [3.63, 3.8) is 0 Å². The number of esters is 1. The number of anilines is 1. The van der Waals surface area contributed by atoms with Gasteiger partial charge in [-0.15, -0.1) is 0 Å². The molecule has 0 atom stereocenters. The lowest BCUT2D eigenvalue weighted by Gasteiger charge is -2.16. The molecule has 0 saturated carbocycles. The van der Waals surface area contributed by atoms with Crippen LogP contribution in [0.3, 0.4) is 0 Å². The molecule has 0 radical (unpaired) electrons. The third kappa shape index (κ3) is 4.45. The van der Waals surface area contributed by atoms with Crippen molar-refractivity contribution in [1.29, 1.82) is 0 Å². The third-order valence-corrected chi connectivity index (χ3v) is 5.52. The van der Waals surface area contributed by atoms with Crippen molar-refractivity contribution in [3.05, 3.63) is 68.5 Å². The fourth-order valence-corrected chi connectivity index (χ4v) is 3.92. The molecule has 1 aliphatic heterocycles. The van der Waals surface area contributed by atoms with Gasteiger partial charge in [-0.1, -0.05) is 28.1 Å². The summed E-state index contributed by atoms with van der Waals surface area (Å²) >= 11 is 4.30. The van der Waals surface area contributed by atoms with Gasteiger partial charge in [-0.25, -0.2) is 4.79 Å². The molecule has 144 valence electrons. The van der Waals surface area contributed by atoms with Crippen molar-refractivity contribution in [2.75, 3.05) is 19.1 Å². The maximum Gasteiger partial charge on any atom is 0.337 e. The molecular weight excluding hydrogens is 444 g/mol. The van der Waals surface area contributed by atoms with Crippen LogP contribution >= 0.6 is 27.7 Å². The van der Waals surface area contributed by atoms with E-state index in [9.17, 15) is 14.4 Å². The van der Waals surface area contributed by atoms with Crippen molar-refractivity contribution < 1.29 is 19.1 Å². The molecule has 0 unspecified atom stereocenters. The van der Waals surface area contributed by atoms with Crippen LogP contribution in [0.2, 0.25) is 0 Å². The van der Waals surface area contributed by atoms with Gasteiger partial charge in [0, 0.05) is 10.2 Å². The molecule has 8 heteroatoms. The van der Waals surface area contributed by atoms with Gasteiger partial charge < -0.3 is 10.1 Å². The summed E-state index contributed by atoms with van der Waals surface area (Å²) in [5.41, 5.74) is 2.99. The number of nitrogens with one attached hydrogen (secondary N) is 1. The molecule has 6 nitrogen and oxygen atoms in total. The Labute approximate surface area is 175 Å². The second-order valence-electron chi connectivity index (χ2n) is 6.02. The van der Waals surface area contributed by atoms with E-state index in [1.54, 1.807) is 30.3 Å².